The molecular formula is C18H23N7O. The van der Waals surface area contributed by atoms with E-state index in [9.17, 15) is 0 Å². The van der Waals surface area contributed by atoms with Crippen LogP contribution in [0.4, 0.5) is 11.8 Å². The molecule has 3 aromatic rings. The molecule has 0 atom stereocenters. The molecule has 136 valence electrons. The quantitative estimate of drug-likeness (QED) is 0.752. The molecule has 8 heteroatoms. The van der Waals surface area contributed by atoms with E-state index in [1.807, 2.05) is 29.0 Å². The number of morpholine rings is 1. The van der Waals surface area contributed by atoms with Crippen LogP contribution in [0, 0.1) is 0 Å². The molecule has 0 bridgehead atoms. The van der Waals surface area contributed by atoms with Crippen LogP contribution in [0.1, 0.15) is 31.0 Å². The number of hydrogen-bond donors (Lipinski definition) is 1. The minimum Gasteiger partial charge on any atom is -0.378 e. The molecule has 4 heterocycles. The molecule has 0 saturated carbocycles. The Hall–Kier alpha value is -2.74. The monoisotopic (exact) mass is 353 g/mol. The second-order valence-corrected chi connectivity index (χ2v) is 6.65. The van der Waals surface area contributed by atoms with Gasteiger partial charge in [0.1, 0.15) is 0 Å². The summed E-state index contributed by atoms with van der Waals surface area (Å²) >= 11 is 0. The maximum atomic E-state index is 5.45. The first-order valence-electron chi connectivity index (χ1n) is 8.93. The Morgan fingerprint density at radius 3 is 2.81 bits per heavy atom. The number of nitrogens with zero attached hydrogens (tertiary/aromatic N) is 6. The highest BCUT2D eigenvalue weighted by atomic mass is 16.5. The lowest BCUT2D eigenvalue weighted by atomic mass is 10.2. The molecule has 0 amide bonds. The number of ether oxygens (including phenoxy) is 1. The number of fused-ring (bicyclic) bond motifs is 1. The van der Waals surface area contributed by atoms with Gasteiger partial charge in [-0.2, -0.15) is 4.98 Å². The van der Waals surface area contributed by atoms with Gasteiger partial charge in [0.05, 0.1) is 25.1 Å². The standard InChI is InChI=1S/C18H23N7O/c1-13(2)15-12-21-17-16(20-11-14-4-3-5-19-10-14)22-18(23-25(15)17)24-6-8-26-9-7-24/h3-5,10,12-13H,6-9,11H2,1-2H3,(H,20,22,23). The molecule has 0 unspecified atom stereocenters. The van der Waals surface area contributed by atoms with Crippen molar-refractivity contribution in [2.75, 3.05) is 36.5 Å². The van der Waals surface area contributed by atoms with Gasteiger partial charge < -0.3 is 15.0 Å². The molecule has 1 aliphatic rings. The highest BCUT2D eigenvalue weighted by Gasteiger charge is 2.19. The third kappa shape index (κ3) is 3.32. The first-order valence-corrected chi connectivity index (χ1v) is 8.93. The number of pyridine rings is 1. The number of anilines is 2. The summed E-state index contributed by atoms with van der Waals surface area (Å²) in [5.41, 5.74) is 2.91. The molecule has 0 aliphatic carbocycles. The predicted molar refractivity (Wildman–Crippen MR) is 99.5 cm³/mol. The zero-order valence-electron chi connectivity index (χ0n) is 15.1. The Bertz CT molecular complexity index is 872. The molecule has 0 radical (unpaired) electrons. The highest BCUT2D eigenvalue weighted by molar-refractivity contribution is 5.64. The number of hydrogen-bond acceptors (Lipinski definition) is 7. The number of rotatable bonds is 5. The summed E-state index contributed by atoms with van der Waals surface area (Å²) in [6, 6.07) is 3.96. The summed E-state index contributed by atoms with van der Waals surface area (Å²) in [5, 5.41) is 8.16. The molecule has 26 heavy (non-hydrogen) atoms. The average molecular weight is 353 g/mol. The normalized spacial score (nSPS) is 15.0. The van der Waals surface area contributed by atoms with E-state index in [-0.39, 0.29) is 0 Å². The Morgan fingerprint density at radius 2 is 2.08 bits per heavy atom. The molecular weight excluding hydrogens is 330 g/mol. The zero-order valence-corrected chi connectivity index (χ0v) is 15.1. The second kappa shape index (κ2) is 7.25. The van der Waals surface area contributed by atoms with Crippen LogP contribution >= 0.6 is 0 Å². The Labute approximate surface area is 152 Å². The van der Waals surface area contributed by atoms with Crippen LogP contribution < -0.4 is 10.2 Å². The lowest BCUT2D eigenvalue weighted by Gasteiger charge is -2.27. The van der Waals surface area contributed by atoms with Crippen molar-refractivity contribution in [2.24, 2.45) is 0 Å². The van der Waals surface area contributed by atoms with Crippen LogP contribution in [0.5, 0.6) is 0 Å². The van der Waals surface area contributed by atoms with Crippen molar-refractivity contribution < 1.29 is 4.74 Å². The number of imidazole rings is 1. The summed E-state index contributed by atoms with van der Waals surface area (Å²) in [4.78, 5) is 15.6. The second-order valence-electron chi connectivity index (χ2n) is 6.65. The largest absolute Gasteiger partial charge is 0.378 e. The maximum Gasteiger partial charge on any atom is 0.245 e. The number of nitrogens with one attached hydrogen (secondary N) is 1. The van der Waals surface area contributed by atoms with Gasteiger partial charge in [-0.15, -0.1) is 5.10 Å². The van der Waals surface area contributed by atoms with E-state index in [1.54, 1.807) is 6.20 Å². The Balaban J connectivity index is 1.71. The molecule has 4 rings (SSSR count). The molecule has 0 aromatic carbocycles. The summed E-state index contributed by atoms with van der Waals surface area (Å²) < 4.78 is 7.36. The highest BCUT2D eigenvalue weighted by Crippen LogP contribution is 2.23. The van der Waals surface area contributed by atoms with Gasteiger partial charge in [0.25, 0.3) is 0 Å². The van der Waals surface area contributed by atoms with Crippen LogP contribution in [0.2, 0.25) is 0 Å². The van der Waals surface area contributed by atoms with Gasteiger partial charge in [-0.1, -0.05) is 19.9 Å². The van der Waals surface area contributed by atoms with Gasteiger partial charge in [-0.25, -0.2) is 9.50 Å². The van der Waals surface area contributed by atoms with E-state index in [4.69, 9.17) is 14.8 Å². The summed E-state index contributed by atoms with van der Waals surface area (Å²) in [7, 11) is 0. The number of aromatic nitrogens is 5. The van der Waals surface area contributed by atoms with Crippen molar-refractivity contribution in [1.82, 2.24) is 24.6 Å². The molecule has 0 spiro atoms. The van der Waals surface area contributed by atoms with Gasteiger partial charge in [-0.05, 0) is 17.5 Å². The van der Waals surface area contributed by atoms with Crippen molar-refractivity contribution in [2.45, 2.75) is 26.3 Å². The van der Waals surface area contributed by atoms with E-state index in [0.717, 1.165) is 35.8 Å². The smallest absolute Gasteiger partial charge is 0.245 e. The summed E-state index contributed by atoms with van der Waals surface area (Å²) in [5.74, 6) is 1.76. The van der Waals surface area contributed by atoms with Crippen molar-refractivity contribution in [3.05, 3.63) is 42.0 Å². The van der Waals surface area contributed by atoms with Crippen molar-refractivity contribution in [1.29, 1.82) is 0 Å². The maximum absolute atomic E-state index is 5.45. The van der Waals surface area contributed by atoms with Crippen LogP contribution in [0.15, 0.2) is 30.7 Å². The van der Waals surface area contributed by atoms with E-state index in [1.165, 1.54) is 0 Å². The lowest BCUT2D eigenvalue weighted by molar-refractivity contribution is 0.122. The first-order chi connectivity index (χ1) is 12.7. The van der Waals surface area contributed by atoms with E-state index in [2.05, 4.69) is 34.0 Å². The van der Waals surface area contributed by atoms with Gasteiger partial charge in [0, 0.05) is 32.0 Å². The van der Waals surface area contributed by atoms with E-state index in [0.29, 0.717) is 31.6 Å². The zero-order chi connectivity index (χ0) is 17.9. The fourth-order valence-electron chi connectivity index (χ4n) is 2.99. The minimum absolute atomic E-state index is 0.323. The molecule has 1 N–H and O–H groups in total. The Kier molecular flexibility index (Phi) is 4.66. The van der Waals surface area contributed by atoms with Crippen LogP contribution in [0.3, 0.4) is 0 Å². The summed E-state index contributed by atoms with van der Waals surface area (Å²) in [6.07, 6.45) is 5.50. The van der Waals surface area contributed by atoms with Crippen LogP contribution in [-0.2, 0) is 11.3 Å². The minimum atomic E-state index is 0.323. The fourth-order valence-corrected chi connectivity index (χ4v) is 2.99. The van der Waals surface area contributed by atoms with Crippen molar-refractivity contribution in [3.8, 4) is 0 Å². The van der Waals surface area contributed by atoms with Gasteiger partial charge in [0.15, 0.2) is 11.5 Å². The molecule has 8 nitrogen and oxygen atoms in total. The van der Waals surface area contributed by atoms with E-state index < -0.39 is 0 Å². The van der Waals surface area contributed by atoms with Crippen molar-refractivity contribution >= 4 is 17.4 Å². The van der Waals surface area contributed by atoms with Crippen LogP contribution in [-0.4, -0.2) is 50.9 Å². The lowest BCUT2D eigenvalue weighted by Crippen LogP contribution is -2.37. The predicted octanol–water partition coefficient (Wildman–Crippen LogP) is 2.09. The van der Waals surface area contributed by atoms with Crippen LogP contribution in [0.25, 0.3) is 5.65 Å². The third-order valence-electron chi connectivity index (χ3n) is 4.45. The fraction of sp³-hybridized carbons (Fsp3) is 0.444. The topological polar surface area (TPSA) is 80.5 Å². The van der Waals surface area contributed by atoms with Gasteiger partial charge in [-0.3, -0.25) is 4.98 Å². The summed E-state index contributed by atoms with van der Waals surface area (Å²) in [6.45, 7) is 7.89. The average Bonchev–Trinajstić information content (AvgIpc) is 3.12. The first kappa shape index (κ1) is 16.7. The molecule has 1 aliphatic heterocycles. The molecule has 3 aromatic heterocycles. The van der Waals surface area contributed by atoms with E-state index >= 15 is 0 Å². The Morgan fingerprint density at radius 1 is 1.23 bits per heavy atom. The third-order valence-corrected chi connectivity index (χ3v) is 4.45. The molecule has 1 fully saturated rings. The SMILES string of the molecule is CC(C)c1cnc2c(NCc3cccnc3)nc(N3CCOCC3)nn12. The van der Waals surface area contributed by atoms with Crippen molar-refractivity contribution in [3.63, 3.8) is 0 Å². The van der Waals surface area contributed by atoms with Gasteiger partial charge in [0.2, 0.25) is 5.95 Å². The molecule has 1 saturated heterocycles. The van der Waals surface area contributed by atoms with Gasteiger partial charge >= 0.3 is 0 Å².